The first-order valence-electron chi connectivity index (χ1n) is 5.48. The highest BCUT2D eigenvalue weighted by Gasteiger charge is 2.13. The fraction of sp³-hybridized carbons (Fsp3) is 0.538. The number of benzene rings is 1. The Kier molecular flexibility index (Phi) is 5.30. The molecule has 0 spiro atoms. The summed E-state index contributed by atoms with van der Waals surface area (Å²) in [6.07, 6.45) is 2.36. The molecule has 0 heterocycles. The third-order valence-corrected chi connectivity index (χ3v) is 3.69. The molecule has 0 saturated carbocycles. The third kappa shape index (κ3) is 3.94. The van der Waals surface area contributed by atoms with Gasteiger partial charge in [-0.3, -0.25) is 0 Å². The van der Waals surface area contributed by atoms with Crippen molar-refractivity contribution in [3.63, 3.8) is 0 Å². The van der Waals surface area contributed by atoms with Gasteiger partial charge in [-0.05, 0) is 36.0 Å². The molecule has 2 atom stereocenters. The maximum absolute atomic E-state index is 12.8. The largest absolute Gasteiger partial charge is 0.207 e. The second-order valence-corrected chi connectivity index (χ2v) is 4.80. The van der Waals surface area contributed by atoms with E-state index in [2.05, 4.69) is 29.8 Å². The Balaban J connectivity index is 2.69. The van der Waals surface area contributed by atoms with Gasteiger partial charge in [0.1, 0.15) is 5.82 Å². The fourth-order valence-electron chi connectivity index (χ4n) is 1.68. The Labute approximate surface area is 100 Å². The van der Waals surface area contributed by atoms with Gasteiger partial charge < -0.3 is 0 Å². The Bertz CT molecular complexity index is 281. The van der Waals surface area contributed by atoms with Crippen LogP contribution in [0.1, 0.15) is 38.2 Å². The lowest BCUT2D eigenvalue weighted by Crippen LogP contribution is -2.06. The van der Waals surface area contributed by atoms with E-state index < -0.39 is 0 Å². The molecule has 84 valence electrons. The van der Waals surface area contributed by atoms with Crippen molar-refractivity contribution >= 4 is 15.9 Å². The standard InChI is InChI=1S/C13H18BrF/c1-3-10(2)8-12(9-14)11-4-6-13(15)7-5-11/h4-7,10,12H,3,8-9H2,1-2H3. The zero-order valence-electron chi connectivity index (χ0n) is 9.34. The minimum atomic E-state index is -0.157. The molecule has 0 aliphatic heterocycles. The molecule has 0 bridgehead atoms. The van der Waals surface area contributed by atoms with Gasteiger partial charge >= 0.3 is 0 Å². The minimum Gasteiger partial charge on any atom is -0.207 e. The molecular formula is C13H18BrF. The first-order chi connectivity index (χ1) is 7.17. The van der Waals surface area contributed by atoms with Crippen LogP contribution >= 0.6 is 15.9 Å². The molecule has 0 saturated heterocycles. The SMILES string of the molecule is CCC(C)CC(CBr)c1ccc(F)cc1. The second kappa shape index (κ2) is 6.26. The van der Waals surface area contributed by atoms with E-state index in [1.54, 1.807) is 12.1 Å². The summed E-state index contributed by atoms with van der Waals surface area (Å²) in [4.78, 5) is 0. The lowest BCUT2D eigenvalue weighted by Gasteiger charge is -2.18. The number of halogens is 2. The van der Waals surface area contributed by atoms with Crippen molar-refractivity contribution in [2.24, 2.45) is 5.92 Å². The van der Waals surface area contributed by atoms with Crippen LogP contribution in [0.25, 0.3) is 0 Å². The van der Waals surface area contributed by atoms with E-state index in [4.69, 9.17) is 0 Å². The molecule has 0 nitrogen and oxygen atoms in total. The van der Waals surface area contributed by atoms with Gasteiger partial charge in [0.2, 0.25) is 0 Å². The van der Waals surface area contributed by atoms with E-state index in [0.29, 0.717) is 5.92 Å². The highest BCUT2D eigenvalue weighted by Crippen LogP contribution is 2.27. The predicted molar refractivity (Wildman–Crippen MR) is 67.0 cm³/mol. The Hall–Kier alpha value is -0.370. The van der Waals surface area contributed by atoms with Crippen LogP contribution in [0, 0.1) is 11.7 Å². The Morgan fingerprint density at radius 1 is 1.27 bits per heavy atom. The van der Waals surface area contributed by atoms with Crippen LogP contribution in [0.5, 0.6) is 0 Å². The summed E-state index contributed by atoms with van der Waals surface area (Å²) in [5.74, 6) is 1.06. The zero-order valence-corrected chi connectivity index (χ0v) is 10.9. The quantitative estimate of drug-likeness (QED) is 0.680. The van der Waals surface area contributed by atoms with E-state index in [0.717, 1.165) is 17.7 Å². The van der Waals surface area contributed by atoms with Crippen molar-refractivity contribution in [3.8, 4) is 0 Å². The molecule has 0 aromatic heterocycles. The van der Waals surface area contributed by atoms with Crippen LogP contribution in [0.4, 0.5) is 4.39 Å². The molecule has 2 heteroatoms. The smallest absolute Gasteiger partial charge is 0.123 e. The molecular weight excluding hydrogens is 255 g/mol. The maximum atomic E-state index is 12.8. The van der Waals surface area contributed by atoms with Crippen molar-refractivity contribution in [3.05, 3.63) is 35.6 Å². The van der Waals surface area contributed by atoms with Gasteiger partial charge in [0.15, 0.2) is 0 Å². The van der Waals surface area contributed by atoms with Crippen LogP contribution in [0.2, 0.25) is 0 Å². The Morgan fingerprint density at radius 3 is 2.33 bits per heavy atom. The van der Waals surface area contributed by atoms with Gasteiger partial charge in [0.25, 0.3) is 0 Å². The van der Waals surface area contributed by atoms with Gasteiger partial charge in [0.05, 0.1) is 0 Å². The summed E-state index contributed by atoms with van der Waals surface area (Å²) in [6.45, 7) is 4.47. The molecule has 1 rings (SSSR count). The number of rotatable bonds is 5. The van der Waals surface area contributed by atoms with Crippen molar-refractivity contribution < 1.29 is 4.39 Å². The van der Waals surface area contributed by atoms with Gasteiger partial charge in [-0.2, -0.15) is 0 Å². The minimum absolute atomic E-state index is 0.157. The van der Waals surface area contributed by atoms with Gasteiger partial charge in [0, 0.05) is 5.33 Å². The first kappa shape index (κ1) is 12.7. The van der Waals surface area contributed by atoms with Crippen LogP contribution in [-0.4, -0.2) is 5.33 Å². The van der Waals surface area contributed by atoms with Gasteiger partial charge in [-0.1, -0.05) is 48.3 Å². The predicted octanol–water partition coefficient (Wildman–Crippen LogP) is 4.74. The molecule has 0 N–H and O–H groups in total. The molecule has 15 heavy (non-hydrogen) atoms. The molecule has 0 fully saturated rings. The molecule has 0 amide bonds. The van der Waals surface area contributed by atoms with Crippen molar-refractivity contribution in [1.82, 2.24) is 0 Å². The van der Waals surface area contributed by atoms with Crippen molar-refractivity contribution in [2.75, 3.05) is 5.33 Å². The average molecular weight is 273 g/mol. The third-order valence-electron chi connectivity index (χ3n) is 2.91. The van der Waals surface area contributed by atoms with Crippen LogP contribution in [0.15, 0.2) is 24.3 Å². The summed E-state index contributed by atoms with van der Waals surface area (Å²) in [7, 11) is 0. The molecule has 1 aromatic rings. The summed E-state index contributed by atoms with van der Waals surface area (Å²) < 4.78 is 12.8. The molecule has 1 aromatic carbocycles. The van der Waals surface area contributed by atoms with Gasteiger partial charge in [-0.25, -0.2) is 4.39 Å². The summed E-state index contributed by atoms with van der Waals surface area (Å²) >= 11 is 3.54. The Morgan fingerprint density at radius 2 is 1.87 bits per heavy atom. The molecule has 0 radical (unpaired) electrons. The summed E-state index contributed by atoms with van der Waals surface area (Å²) in [6, 6.07) is 6.87. The normalized spacial score (nSPS) is 14.9. The van der Waals surface area contributed by atoms with E-state index in [1.807, 2.05) is 12.1 Å². The molecule has 2 unspecified atom stereocenters. The van der Waals surface area contributed by atoms with Crippen LogP contribution in [0.3, 0.4) is 0 Å². The lowest BCUT2D eigenvalue weighted by molar-refractivity contribution is 0.475. The van der Waals surface area contributed by atoms with Gasteiger partial charge in [-0.15, -0.1) is 0 Å². The number of hydrogen-bond donors (Lipinski definition) is 0. The summed E-state index contributed by atoms with van der Waals surface area (Å²) in [5, 5.41) is 0.947. The topological polar surface area (TPSA) is 0 Å². The van der Waals surface area contributed by atoms with E-state index in [-0.39, 0.29) is 5.82 Å². The van der Waals surface area contributed by atoms with E-state index in [1.165, 1.54) is 12.0 Å². The monoisotopic (exact) mass is 272 g/mol. The lowest BCUT2D eigenvalue weighted by atomic mass is 9.90. The second-order valence-electron chi connectivity index (χ2n) is 4.15. The highest BCUT2D eigenvalue weighted by molar-refractivity contribution is 9.09. The first-order valence-corrected chi connectivity index (χ1v) is 6.61. The molecule has 0 aliphatic rings. The van der Waals surface area contributed by atoms with Crippen molar-refractivity contribution in [2.45, 2.75) is 32.6 Å². The van der Waals surface area contributed by atoms with Crippen molar-refractivity contribution in [1.29, 1.82) is 0 Å². The zero-order chi connectivity index (χ0) is 11.3. The highest BCUT2D eigenvalue weighted by atomic mass is 79.9. The fourth-order valence-corrected chi connectivity index (χ4v) is 2.31. The molecule has 0 aliphatic carbocycles. The van der Waals surface area contributed by atoms with E-state index in [9.17, 15) is 4.39 Å². The number of hydrogen-bond acceptors (Lipinski definition) is 0. The maximum Gasteiger partial charge on any atom is 0.123 e. The van der Waals surface area contributed by atoms with Crippen LogP contribution in [-0.2, 0) is 0 Å². The average Bonchev–Trinajstić information content (AvgIpc) is 2.27. The van der Waals surface area contributed by atoms with Crippen LogP contribution < -0.4 is 0 Å². The van der Waals surface area contributed by atoms with E-state index >= 15 is 0 Å². The summed E-state index contributed by atoms with van der Waals surface area (Å²) in [5.41, 5.74) is 1.23. The number of alkyl halides is 1.